The molecule has 0 amide bonds. The number of hydrogen-bond acceptors (Lipinski definition) is 4. The van der Waals surface area contributed by atoms with Crippen LogP contribution in [0.1, 0.15) is 17.4 Å². The van der Waals surface area contributed by atoms with Crippen molar-refractivity contribution in [3.8, 4) is 0 Å². The van der Waals surface area contributed by atoms with Crippen LogP contribution in [0, 0.1) is 0 Å². The van der Waals surface area contributed by atoms with Crippen molar-refractivity contribution in [1.29, 1.82) is 0 Å². The van der Waals surface area contributed by atoms with Gasteiger partial charge in [-0.1, -0.05) is 6.07 Å². The first-order valence-electron chi connectivity index (χ1n) is 3.44. The lowest BCUT2D eigenvalue weighted by Crippen LogP contribution is -2.30. The molecule has 1 aromatic rings. The number of carbonyl (C=O) groups is 1. The summed E-state index contributed by atoms with van der Waals surface area (Å²) in [6.07, 6.45) is 1.27. The zero-order chi connectivity index (χ0) is 9.14. The van der Waals surface area contributed by atoms with Gasteiger partial charge in [-0.15, -0.1) is 0 Å². The zero-order valence-corrected chi connectivity index (χ0v) is 6.56. The van der Waals surface area contributed by atoms with Crippen molar-refractivity contribution in [2.45, 2.75) is 6.92 Å². The van der Waals surface area contributed by atoms with E-state index in [1.54, 1.807) is 0 Å². The molecule has 1 rings (SSSR count). The molecule has 0 saturated heterocycles. The number of hydrogen-bond donors (Lipinski definition) is 2. The number of ketones is 1. The molecule has 0 atom stereocenters. The van der Waals surface area contributed by atoms with Gasteiger partial charge in [0.15, 0.2) is 5.78 Å². The molecule has 0 aromatic carbocycles. The largest absolute Gasteiger partial charge is 0.490 e. The Morgan fingerprint density at radius 3 is 2.50 bits per heavy atom. The van der Waals surface area contributed by atoms with Crippen LogP contribution in [0.25, 0.3) is 0 Å². The fourth-order valence-electron chi connectivity index (χ4n) is 0.766. The standard InChI is InChI=1S/C7H8BNO3/c1-5(10)7-3-2-6(4-9-7)8(11)12/h2-4,11-12H,1H3. The van der Waals surface area contributed by atoms with Gasteiger partial charge in [0.05, 0.1) is 0 Å². The molecule has 12 heavy (non-hydrogen) atoms. The lowest BCUT2D eigenvalue weighted by molar-refractivity contribution is 0.101. The minimum absolute atomic E-state index is 0.144. The van der Waals surface area contributed by atoms with Crippen LogP contribution < -0.4 is 5.46 Å². The summed E-state index contributed by atoms with van der Waals surface area (Å²) in [7, 11) is -1.53. The second kappa shape index (κ2) is 3.47. The van der Waals surface area contributed by atoms with Crippen molar-refractivity contribution in [3.63, 3.8) is 0 Å². The summed E-state index contributed by atoms with van der Waals surface area (Å²) < 4.78 is 0. The summed E-state index contributed by atoms with van der Waals surface area (Å²) in [6.45, 7) is 1.40. The molecular formula is C7H8BNO3. The number of Topliss-reactive ketones (excluding diaryl/α,β-unsaturated/α-hetero) is 1. The van der Waals surface area contributed by atoms with E-state index >= 15 is 0 Å². The van der Waals surface area contributed by atoms with E-state index in [2.05, 4.69) is 4.98 Å². The predicted molar refractivity (Wildman–Crippen MR) is 44.1 cm³/mol. The first-order valence-corrected chi connectivity index (χ1v) is 3.44. The molecule has 0 aliphatic heterocycles. The molecule has 4 nitrogen and oxygen atoms in total. The van der Waals surface area contributed by atoms with Crippen LogP contribution >= 0.6 is 0 Å². The van der Waals surface area contributed by atoms with Gasteiger partial charge in [-0.3, -0.25) is 9.78 Å². The van der Waals surface area contributed by atoms with Gasteiger partial charge in [0.25, 0.3) is 0 Å². The maximum Gasteiger partial charge on any atom is 0.490 e. The first-order chi connectivity index (χ1) is 5.61. The Morgan fingerprint density at radius 2 is 2.17 bits per heavy atom. The van der Waals surface area contributed by atoms with Crippen LogP contribution in [0.3, 0.4) is 0 Å². The number of pyridine rings is 1. The highest BCUT2D eigenvalue weighted by atomic mass is 16.4. The molecule has 0 unspecified atom stereocenters. The van der Waals surface area contributed by atoms with Crippen LogP contribution in [-0.4, -0.2) is 27.9 Å². The van der Waals surface area contributed by atoms with Crippen molar-refractivity contribution in [1.82, 2.24) is 4.98 Å². The summed E-state index contributed by atoms with van der Waals surface area (Å²) in [5, 5.41) is 17.4. The summed E-state index contributed by atoms with van der Waals surface area (Å²) in [4.78, 5) is 14.5. The molecular weight excluding hydrogens is 157 g/mol. The van der Waals surface area contributed by atoms with E-state index in [1.165, 1.54) is 25.3 Å². The summed E-state index contributed by atoms with van der Waals surface area (Å²) in [5.74, 6) is -0.144. The molecule has 0 radical (unpaired) electrons. The van der Waals surface area contributed by atoms with Crippen molar-refractivity contribution in [2.24, 2.45) is 0 Å². The highest BCUT2D eigenvalue weighted by Gasteiger charge is 2.11. The molecule has 2 N–H and O–H groups in total. The van der Waals surface area contributed by atoms with Gasteiger partial charge in [-0.05, 0) is 6.07 Å². The van der Waals surface area contributed by atoms with E-state index < -0.39 is 7.12 Å². The Hall–Kier alpha value is -1.20. The predicted octanol–water partition coefficient (Wildman–Crippen LogP) is -1.04. The average Bonchev–Trinajstić information content (AvgIpc) is 2.04. The van der Waals surface area contributed by atoms with Crippen molar-refractivity contribution in [3.05, 3.63) is 24.0 Å². The summed E-state index contributed by atoms with van der Waals surface area (Å²) >= 11 is 0. The highest BCUT2D eigenvalue weighted by molar-refractivity contribution is 6.58. The van der Waals surface area contributed by atoms with Crippen molar-refractivity contribution < 1.29 is 14.8 Å². The monoisotopic (exact) mass is 165 g/mol. The molecule has 0 aliphatic rings. The quantitative estimate of drug-likeness (QED) is 0.433. The molecule has 62 valence electrons. The van der Waals surface area contributed by atoms with Gasteiger partial charge >= 0.3 is 7.12 Å². The Bertz CT molecular complexity index is 283. The van der Waals surface area contributed by atoms with E-state index in [4.69, 9.17) is 10.0 Å². The summed E-state index contributed by atoms with van der Waals surface area (Å²) in [6, 6.07) is 2.91. The third-order valence-corrected chi connectivity index (χ3v) is 1.45. The zero-order valence-electron chi connectivity index (χ0n) is 6.56. The maximum absolute atomic E-state index is 10.7. The minimum atomic E-state index is -1.53. The van der Waals surface area contributed by atoms with Crippen molar-refractivity contribution >= 4 is 18.4 Å². The maximum atomic E-state index is 10.7. The average molecular weight is 165 g/mol. The Balaban J connectivity index is 2.93. The fraction of sp³-hybridized carbons (Fsp3) is 0.143. The normalized spacial score (nSPS) is 9.58. The molecule has 0 aliphatic carbocycles. The van der Waals surface area contributed by atoms with Crippen molar-refractivity contribution in [2.75, 3.05) is 0 Å². The topological polar surface area (TPSA) is 70.4 Å². The van der Waals surface area contributed by atoms with Crippen LogP contribution in [0.5, 0.6) is 0 Å². The Kier molecular flexibility index (Phi) is 2.57. The van der Waals surface area contributed by atoms with Gasteiger partial charge in [0, 0.05) is 18.6 Å². The van der Waals surface area contributed by atoms with E-state index in [0.29, 0.717) is 5.69 Å². The van der Waals surface area contributed by atoms with Gasteiger partial charge in [-0.25, -0.2) is 0 Å². The highest BCUT2D eigenvalue weighted by Crippen LogP contribution is 1.92. The summed E-state index contributed by atoms with van der Waals surface area (Å²) in [5.41, 5.74) is 0.597. The third kappa shape index (κ3) is 1.90. The number of carbonyl (C=O) groups excluding carboxylic acids is 1. The smallest absolute Gasteiger partial charge is 0.423 e. The second-order valence-electron chi connectivity index (χ2n) is 2.41. The van der Waals surface area contributed by atoms with Crippen LogP contribution in [-0.2, 0) is 0 Å². The van der Waals surface area contributed by atoms with Crippen LogP contribution in [0.4, 0.5) is 0 Å². The lowest BCUT2D eigenvalue weighted by atomic mass is 9.81. The SMILES string of the molecule is CC(=O)c1ccc(B(O)O)cn1. The van der Waals surface area contributed by atoms with E-state index in [1.807, 2.05) is 0 Å². The van der Waals surface area contributed by atoms with Crippen LogP contribution in [0.2, 0.25) is 0 Å². The number of nitrogens with zero attached hydrogens (tertiary/aromatic N) is 1. The third-order valence-electron chi connectivity index (χ3n) is 1.45. The van der Waals surface area contributed by atoms with Gasteiger partial charge in [-0.2, -0.15) is 0 Å². The number of rotatable bonds is 2. The molecule has 1 aromatic heterocycles. The van der Waals surface area contributed by atoms with E-state index in [-0.39, 0.29) is 11.2 Å². The molecule has 0 saturated carbocycles. The van der Waals surface area contributed by atoms with Crippen LogP contribution in [0.15, 0.2) is 18.3 Å². The molecule has 1 heterocycles. The van der Waals surface area contributed by atoms with Gasteiger partial charge in [0.2, 0.25) is 0 Å². The molecule has 0 bridgehead atoms. The Labute approximate surface area is 70.0 Å². The fourth-order valence-corrected chi connectivity index (χ4v) is 0.766. The van der Waals surface area contributed by atoms with Gasteiger partial charge < -0.3 is 10.0 Å². The lowest BCUT2D eigenvalue weighted by Gasteiger charge is -1.98. The minimum Gasteiger partial charge on any atom is -0.423 e. The molecule has 5 heteroatoms. The Morgan fingerprint density at radius 1 is 1.50 bits per heavy atom. The van der Waals surface area contributed by atoms with E-state index in [9.17, 15) is 4.79 Å². The number of aromatic nitrogens is 1. The van der Waals surface area contributed by atoms with E-state index in [0.717, 1.165) is 0 Å². The first kappa shape index (κ1) is 8.90. The second-order valence-corrected chi connectivity index (χ2v) is 2.41. The molecule has 0 fully saturated rings. The van der Waals surface area contributed by atoms with Gasteiger partial charge in [0.1, 0.15) is 5.69 Å². The molecule has 0 spiro atoms.